The average molecular weight is 308 g/mol. The van der Waals surface area contributed by atoms with Gasteiger partial charge in [0.15, 0.2) is 6.29 Å². The van der Waals surface area contributed by atoms with Crippen molar-refractivity contribution in [2.45, 2.75) is 83.0 Å². The van der Waals surface area contributed by atoms with E-state index in [0.29, 0.717) is 12.0 Å². The quantitative estimate of drug-likeness (QED) is 0.469. The zero-order valence-electron chi connectivity index (χ0n) is 13.9. The van der Waals surface area contributed by atoms with Crippen molar-refractivity contribution >= 4 is 0 Å². The Kier molecular flexibility index (Phi) is 8.93. The van der Waals surface area contributed by atoms with Crippen molar-refractivity contribution in [2.24, 2.45) is 5.92 Å². The molecule has 1 heterocycles. The molecule has 2 aliphatic rings. The zero-order chi connectivity index (χ0) is 15.5. The lowest BCUT2D eigenvalue weighted by Gasteiger charge is -2.25. The van der Waals surface area contributed by atoms with Gasteiger partial charge in [0.25, 0.3) is 0 Å². The molecule has 0 aromatic rings. The van der Waals surface area contributed by atoms with Gasteiger partial charge in [0.2, 0.25) is 0 Å². The summed E-state index contributed by atoms with van der Waals surface area (Å²) in [6, 6.07) is 0. The molecule has 0 N–H and O–H groups in total. The second kappa shape index (κ2) is 11.0. The Labute approximate surface area is 136 Å². The summed E-state index contributed by atoms with van der Waals surface area (Å²) in [5, 5.41) is 0. The van der Waals surface area contributed by atoms with Crippen molar-refractivity contribution in [3.05, 3.63) is 0 Å². The molecule has 2 rings (SSSR count). The number of terminal acetylenes is 1. The highest BCUT2D eigenvalue weighted by molar-refractivity contribution is 4.95. The van der Waals surface area contributed by atoms with Gasteiger partial charge in [-0.3, -0.25) is 0 Å². The first-order chi connectivity index (χ1) is 10.9. The predicted octanol–water partition coefficient (Wildman–Crippen LogP) is 4.30. The number of hydrogen-bond donors (Lipinski definition) is 0. The van der Waals surface area contributed by atoms with E-state index < -0.39 is 0 Å². The van der Waals surface area contributed by atoms with Gasteiger partial charge in [-0.1, -0.05) is 12.8 Å². The van der Waals surface area contributed by atoms with Gasteiger partial charge >= 0.3 is 0 Å². The lowest BCUT2D eigenvalue weighted by atomic mass is 9.88. The molecule has 3 heteroatoms. The van der Waals surface area contributed by atoms with Gasteiger partial charge in [-0.2, -0.15) is 0 Å². The van der Waals surface area contributed by atoms with E-state index in [9.17, 15) is 0 Å². The van der Waals surface area contributed by atoms with Gasteiger partial charge in [0.1, 0.15) is 0 Å². The minimum Gasteiger partial charge on any atom is -0.378 e. The van der Waals surface area contributed by atoms with Crippen LogP contribution in [0.15, 0.2) is 0 Å². The van der Waals surface area contributed by atoms with Crippen LogP contribution in [0.25, 0.3) is 0 Å². The van der Waals surface area contributed by atoms with Crippen LogP contribution in [0.4, 0.5) is 0 Å². The summed E-state index contributed by atoms with van der Waals surface area (Å²) in [6.45, 7) is 2.60. The van der Waals surface area contributed by atoms with Crippen LogP contribution in [-0.2, 0) is 14.2 Å². The van der Waals surface area contributed by atoms with Crippen LogP contribution in [0.2, 0.25) is 0 Å². The Bertz CT molecular complexity index is 309. The van der Waals surface area contributed by atoms with Crippen LogP contribution in [0, 0.1) is 18.3 Å². The topological polar surface area (TPSA) is 27.7 Å². The molecule has 1 unspecified atom stereocenters. The molecule has 1 saturated carbocycles. The minimum atomic E-state index is 0.0650. The summed E-state index contributed by atoms with van der Waals surface area (Å²) in [6.07, 6.45) is 18.8. The van der Waals surface area contributed by atoms with E-state index in [-0.39, 0.29) is 6.29 Å². The number of ether oxygens (including phenoxy) is 3. The molecule has 2 fully saturated rings. The maximum absolute atomic E-state index is 5.96. The first-order valence-electron chi connectivity index (χ1n) is 9.19. The summed E-state index contributed by atoms with van der Waals surface area (Å²) < 4.78 is 17.2. The van der Waals surface area contributed by atoms with Crippen LogP contribution in [0.5, 0.6) is 0 Å². The van der Waals surface area contributed by atoms with Crippen molar-refractivity contribution in [1.29, 1.82) is 0 Å². The van der Waals surface area contributed by atoms with E-state index in [0.717, 1.165) is 64.8 Å². The van der Waals surface area contributed by atoms with Gasteiger partial charge < -0.3 is 14.2 Å². The highest BCUT2D eigenvalue weighted by Crippen LogP contribution is 2.25. The Morgan fingerprint density at radius 2 is 1.59 bits per heavy atom. The fourth-order valence-electron chi connectivity index (χ4n) is 3.26. The molecular weight excluding hydrogens is 276 g/mol. The maximum Gasteiger partial charge on any atom is 0.157 e. The van der Waals surface area contributed by atoms with Crippen molar-refractivity contribution in [3.8, 4) is 12.3 Å². The van der Waals surface area contributed by atoms with Gasteiger partial charge in [0.05, 0.1) is 6.10 Å². The first kappa shape index (κ1) is 17.8. The Hall–Kier alpha value is -0.560. The highest BCUT2D eigenvalue weighted by atomic mass is 16.7. The van der Waals surface area contributed by atoms with Crippen LogP contribution in [-0.4, -0.2) is 32.2 Å². The van der Waals surface area contributed by atoms with E-state index in [2.05, 4.69) is 5.92 Å². The Balaban J connectivity index is 1.35. The number of unbranched alkanes of at least 4 members (excludes halogenated alkanes) is 3. The van der Waals surface area contributed by atoms with Crippen LogP contribution in [0.1, 0.15) is 70.6 Å². The summed E-state index contributed by atoms with van der Waals surface area (Å²) in [4.78, 5) is 0. The average Bonchev–Trinajstić information content (AvgIpc) is 2.59. The summed E-state index contributed by atoms with van der Waals surface area (Å²) >= 11 is 0. The Morgan fingerprint density at radius 3 is 2.23 bits per heavy atom. The zero-order valence-corrected chi connectivity index (χ0v) is 13.9. The summed E-state index contributed by atoms with van der Waals surface area (Å²) in [5.74, 6) is 3.36. The normalized spacial score (nSPS) is 29.1. The third kappa shape index (κ3) is 7.13. The third-order valence-corrected chi connectivity index (χ3v) is 4.74. The molecule has 126 valence electrons. The molecule has 22 heavy (non-hydrogen) atoms. The molecule has 0 radical (unpaired) electrons. The van der Waals surface area contributed by atoms with Crippen molar-refractivity contribution < 1.29 is 14.2 Å². The molecule has 0 spiro atoms. The van der Waals surface area contributed by atoms with Crippen LogP contribution in [0.3, 0.4) is 0 Å². The van der Waals surface area contributed by atoms with Crippen molar-refractivity contribution in [3.63, 3.8) is 0 Å². The van der Waals surface area contributed by atoms with Crippen molar-refractivity contribution in [1.82, 2.24) is 0 Å². The predicted molar refractivity (Wildman–Crippen MR) is 88.5 cm³/mol. The van der Waals surface area contributed by atoms with Gasteiger partial charge in [-0.25, -0.2) is 0 Å². The second-order valence-corrected chi connectivity index (χ2v) is 6.59. The molecule has 1 aliphatic carbocycles. The molecule has 0 aromatic heterocycles. The third-order valence-electron chi connectivity index (χ3n) is 4.74. The minimum absolute atomic E-state index is 0.0650. The van der Waals surface area contributed by atoms with Gasteiger partial charge in [-0.05, 0) is 57.8 Å². The molecule has 1 aliphatic heterocycles. The molecule has 0 bridgehead atoms. The maximum atomic E-state index is 5.96. The van der Waals surface area contributed by atoms with Crippen LogP contribution < -0.4 is 0 Å². The molecule has 3 nitrogen and oxygen atoms in total. The lowest BCUT2D eigenvalue weighted by molar-refractivity contribution is -0.162. The monoisotopic (exact) mass is 308 g/mol. The molecule has 0 amide bonds. The standard InChI is InChI=1S/C19H32O3/c1-2-17-10-12-18(13-11-17)20-14-6-3-4-7-15-21-19-9-5-8-16-22-19/h1,17-19H,3-16H2. The largest absolute Gasteiger partial charge is 0.378 e. The molecule has 1 atom stereocenters. The van der Waals surface area contributed by atoms with Gasteiger partial charge in [0, 0.05) is 25.7 Å². The van der Waals surface area contributed by atoms with Gasteiger partial charge in [-0.15, -0.1) is 12.3 Å². The summed E-state index contributed by atoms with van der Waals surface area (Å²) in [5.41, 5.74) is 0. The van der Waals surface area contributed by atoms with E-state index in [1.165, 1.54) is 25.7 Å². The second-order valence-electron chi connectivity index (χ2n) is 6.59. The van der Waals surface area contributed by atoms with E-state index in [1.54, 1.807) is 0 Å². The molecule has 0 aromatic carbocycles. The number of rotatable bonds is 9. The molecule has 1 saturated heterocycles. The summed E-state index contributed by atoms with van der Waals surface area (Å²) in [7, 11) is 0. The smallest absolute Gasteiger partial charge is 0.157 e. The molecular formula is C19H32O3. The van der Waals surface area contributed by atoms with Crippen molar-refractivity contribution in [2.75, 3.05) is 19.8 Å². The Morgan fingerprint density at radius 1 is 0.864 bits per heavy atom. The SMILES string of the molecule is C#CC1CCC(OCCCCCCOC2CCCCO2)CC1. The van der Waals surface area contributed by atoms with E-state index >= 15 is 0 Å². The van der Waals surface area contributed by atoms with Crippen LogP contribution >= 0.6 is 0 Å². The lowest BCUT2D eigenvalue weighted by Crippen LogP contribution is -2.22. The fraction of sp³-hybridized carbons (Fsp3) is 0.895. The highest BCUT2D eigenvalue weighted by Gasteiger charge is 2.19. The first-order valence-corrected chi connectivity index (χ1v) is 9.19. The fourth-order valence-corrected chi connectivity index (χ4v) is 3.26. The number of hydrogen-bond acceptors (Lipinski definition) is 3. The van der Waals surface area contributed by atoms with E-state index in [4.69, 9.17) is 20.6 Å². The van der Waals surface area contributed by atoms with E-state index in [1.807, 2.05) is 0 Å².